The molecule has 1 aliphatic rings. The molecule has 100 valence electrons. The highest BCUT2D eigenvalue weighted by molar-refractivity contribution is 5.70. The van der Waals surface area contributed by atoms with Crippen molar-refractivity contribution in [3.05, 3.63) is 18.2 Å². The second kappa shape index (κ2) is 5.48. The van der Waals surface area contributed by atoms with Gasteiger partial charge in [0.1, 0.15) is 0 Å². The van der Waals surface area contributed by atoms with Gasteiger partial charge in [-0.15, -0.1) is 0 Å². The minimum Gasteiger partial charge on any atom is -0.399 e. The maximum Gasteiger partial charge on any atom is 0.0960 e. The smallest absolute Gasteiger partial charge is 0.0960 e. The van der Waals surface area contributed by atoms with Crippen LogP contribution in [-0.4, -0.2) is 37.7 Å². The Labute approximate surface area is 110 Å². The molecule has 0 aromatic heterocycles. The lowest BCUT2D eigenvalue weighted by Crippen LogP contribution is -2.50. The Morgan fingerprint density at radius 3 is 2.56 bits per heavy atom. The molecule has 1 aromatic carbocycles. The Morgan fingerprint density at radius 1 is 1.17 bits per heavy atom. The van der Waals surface area contributed by atoms with E-state index in [1.54, 1.807) is 6.07 Å². The Bertz CT molecular complexity index is 397. The lowest BCUT2D eigenvalue weighted by molar-refractivity contribution is -0.912. The third kappa shape index (κ3) is 3.29. The molecule has 1 saturated heterocycles. The van der Waals surface area contributed by atoms with Crippen LogP contribution in [0.2, 0.25) is 0 Å². The summed E-state index contributed by atoms with van der Waals surface area (Å²) in [6.07, 6.45) is 4.12. The van der Waals surface area contributed by atoms with E-state index in [-0.39, 0.29) is 0 Å². The van der Waals surface area contributed by atoms with E-state index in [2.05, 4.69) is 12.4 Å². The van der Waals surface area contributed by atoms with Gasteiger partial charge in [-0.2, -0.15) is 0 Å². The number of benzene rings is 1. The molecular formula is C14H25N4+. The first kappa shape index (κ1) is 13.0. The van der Waals surface area contributed by atoms with E-state index in [9.17, 15) is 0 Å². The van der Waals surface area contributed by atoms with Crippen molar-refractivity contribution in [2.24, 2.45) is 0 Å². The van der Waals surface area contributed by atoms with Gasteiger partial charge >= 0.3 is 0 Å². The lowest BCUT2D eigenvalue weighted by Gasteiger charge is -2.37. The van der Waals surface area contributed by atoms with E-state index < -0.39 is 0 Å². The summed E-state index contributed by atoms with van der Waals surface area (Å²) in [5.74, 6) is 0. The van der Waals surface area contributed by atoms with Crippen LogP contribution in [0.4, 0.5) is 17.1 Å². The summed E-state index contributed by atoms with van der Waals surface area (Å²) in [7, 11) is 2.35. The van der Waals surface area contributed by atoms with Crippen LogP contribution in [-0.2, 0) is 0 Å². The zero-order valence-corrected chi connectivity index (χ0v) is 11.3. The van der Waals surface area contributed by atoms with Crippen LogP contribution in [0.1, 0.15) is 19.3 Å². The Balaban J connectivity index is 1.84. The second-order valence-electron chi connectivity index (χ2n) is 5.62. The molecule has 1 fully saturated rings. The molecule has 4 nitrogen and oxygen atoms in total. The summed E-state index contributed by atoms with van der Waals surface area (Å²) in [6, 6.07) is 5.65. The quantitative estimate of drug-likeness (QED) is 0.564. The third-order valence-electron chi connectivity index (χ3n) is 3.94. The number of anilines is 3. The zero-order chi connectivity index (χ0) is 13.0. The molecule has 0 amide bonds. The van der Waals surface area contributed by atoms with Crippen molar-refractivity contribution in [1.29, 1.82) is 0 Å². The molecule has 0 bridgehead atoms. The van der Waals surface area contributed by atoms with Gasteiger partial charge < -0.3 is 21.3 Å². The number of likely N-dealkylation sites (N-methyl/N-ethyl adjacent to an activating group) is 1. The second-order valence-corrected chi connectivity index (χ2v) is 5.62. The van der Waals surface area contributed by atoms with Gasteiger partial charge in [-0.1, -0.05) is 0 Å². The van der Waals surface area contributed by atoms with Crippen molar-refractivity contribution < 1.29 is 4.48 Å². The fraction of sp³-hybridized carbons (Fsp3) is 0.571. The van der Waals surface area contributed by atoms with Gasteiger partial charge in [-0.3, -0.25) is 0 Å². The number of quaternary nitrogens is 1. The topological polar surface area (TPSA) is 64.1 Å². The largest absolute Gasteiger partial charge is 0.399 e. The first-order chi connectivity index (χ1) is 8.59. The molecule has 1 heterocycles. The van der Waals surface area contributed by atoms with Crippen molar-refractivity contribution in [3.63, 3.8) is 0 Å². The molecule has 1 aliphatic heterocycles. The van der Waals surface area contributed by atoms with Crippen molar-refractivity contribution in [3.8, 4) is 0 Å². The first-order valence-electron chi connectivity index (χ1n) is 6.81. The van der Waals surface area contributed by atoms with Crippen LogP contribution in [0.3, 0.4) is 0 Å². The molecule has 0 saturated carbocycles. The SMILES string of the molecule is C[N+]1(CCNc2ccc(N)cc2N)CCCCC1. The highest BCUT2D eigenvalue weighted by Crippen LogP contribution is 2.21. The molecule has 18 heavy (non-hydrogen) atoms. The Hall–Kier alpha value is -1.42. The van der Waals surface area contributed by atoms with E-state index >= 15 is 0 Å². The fourth-order valence-electron chi connectivity index (χ4n) is 2.70. The number of likely N-dealkylation sites (tertiary alicyclic amines) is 1. The molecular weight excluding hydrogens is 224 g/mol. The summed E-state index contributed by atoms with van der Waals surface area (Å²) in [4.78, 5) is 0. The van der Waals surface area contributed by atoms with Gasteiger partial charge in [0, 0.05) is 5.69 Å². The maximum absolute atomic E-state index is 5.93. The minimum absolute atomic E-state index is 0.716. The number of nitrogens with two attached hydrogens (primary N) is 2. The summed E-state index contributed by atoms with van der Waals surface area (Å²) < 4.78 is 1.18. The summed E-state index contributed by atoms with van der Waals surface area (Å²) in [5.41, 5.74) is 14.1. The van der Waals surface area contributed by atoms with Crippen molar-refractivity contribution in [2.75, 3.05) is 50.0 Å². The molecule has 0 radical (unpaired) electrons. The van der Waals surface area contributed by atoms with Gasteiger partial charge in [-0.05, 0) is 37.5 Å². The van der Waals surface area contributed by atoms with Crippen LogP contribution in [0.5, 0.6) is 0 Å². The monoisotopic (exact) mass is 249 g/mol. The molecule has 0 spiro atoms. The normalized spacial score (nSPS) is 18.5. The number of nitrogen functional groups attached to an aromatic ring is 2. The maximum atomic E-state index is 5.93. The number of hydrogen-bond donors (Lipinski definition) is 3. The van der Waals surface area contributed by atoms with Gasteiger partial charge in [0.25, 0.3) is 0 Å². The zero-order valence-electron chi connectivity index (χ0n) is 11.3. The summed E-state index contributed by atoms with van der Waals surface area (Å²) in [6.45, 7) is 4.73. The fourth-order valence-corrected chi connectivity index (χ4v) is 2.70. The van der Waals surface area contributed by atoms with Crippen LogP contribution in [0, 0.1) is 0 Å². The number of hydrogen-bond acceptors (Lipinski definition) is 3. The number of nitrogens with one attached hydrogen (secondary N) is 1. The van der Waals surface area contributed by atoms with E-state index in [0.717, 1.165) is 24.5 Å². The average molecular weight is 249 g/mol. The molecule has 0 aliphatic carbocycles. The van der Waals surface area contributed by atoms with Gasteiger partial charge in [0.2, 0.25) is 0 Å². The molecule has 1 aromatic rings. The predicted molar refractivity (Wildman–Crippen MR) is 78.4 cm³/mol. The van der Waals surface area contributed by atoms with E-state index in [1.807, 2.05) is 12.1 Å². The number of piperidine rings is 1. The van der Waals surface area contributed by atoms with Crippen LogP contribution in [0.25, 0.3) is 0 Å². The Kier molecular flexibility index (Phi) is 3.97. The highest BCUT2D eigenvalue weighted by atomic mass is 15.3. The standard InChI is InChI=1S/C14H25N4/c1-18(8-3-2-4-9-18)10-7-17-14-6-5-12(15)11-13(14)16/h5-6,11,17H,2-4,7-10,15-16H2,1H3/q+1. The molecule has 2 rings (SSSR count). The number of nitrogens with zero attached hydrogens (tertiary/aromatic N) is 1. The lowest BCUT2D eigenvalue weighted by atomic mass is 10.1. The molecule has 0 unspecified atom stereocenters. The number of rotatable bonds is 4. The van der Waals surface area contributed by atoms with Gasteiger partial charge in [0.05, 0.1) is 44.6 Å². The first-order valence-corrected chi connectivity index (χ1v) is 6.81. The van der Waals surface area contributed by atoms with Crippen LogP contribution < -0.4 is 16.8 Å². The Morgan fingerprint density at radius 2 is 1.89 bits per heavy atom. The van der Waals surface area contributed by atoms with E-state index in [1.165, 1.54) is 36.8 Å². The van der Waals surface area contributed by atoms with Crippen molar-refractivity contribution >= 4 is 17.1 Å². The van der Waals surface area contributed by atoms with Gasteiger partial charge in [-0.25, -0.2) is 0 Å². The van der Waals surface area contributed by atoms with Gasteiger partial charge in [0.15, 0.2) is 0 Å². The van der Waals surface area contributed by atoms with Crippen molar-refractivity contribution in [1.82, 2.24) is 0 Å². The average Bonchev–Trinajstić information content (AvgIpc) is 2.33. The summed E-state index contributed by atoms with van der Waals surface area (Å²) >= 11 is 0. The molecule has 0 atom stereocenters. The van der Waals surface area contributed by atoms with Crippen LogP contribution >= 0.6 is 0 Å². The predicted octanol–water partition coefficient (Wildman–Crippen LogP) is 1.89. The highest BCUT2D eigenvalue weighted by Gasteiger charge is 2.23. The van der Waals surface area contributed by atoms with Crippen molar-refractivity contribution in [2.45, 2.75) is 19.3 Å². The third-order valence-corrected chi connectivity index (χ3v) is 3.94. The van der Waals surface area contributed by atoms with E-state index in [0.29, 0.717) is 5.69 Å². The minimum atomic E-state index is 0.716. The summed E-state index contributed by atoms with van der Waals surface area (Å²) in [5, 5.41) is 3.42. The molecule has 5 N–H and O–H groups in total. The van der Waals surface area contributed by atoms with Crippen LogP contribution in [0.15, 0.2) is 18.2 Å². The van der Waals surface area contributed by atoms with E-state index in [4.69, 9.17) is 11.5 Å². The molecule has 4 heteroatoms.